The zero-order chi connectivity index (χ0) is 21.0. The number of hydrogen-bond acceptors (Lipinski definition) is 8. The third-order valence-corrected chi connectivity index (χ3v) is 4.51. The van der Waals surface area contributed by atoms with Crippen LogP contribution in [0.4, 0.5) is 11.5 Å². The molecule has 2 aromatic rings. The van der Waals surface area contributed by atoms with Gasteiger partial charge in [-0.1, -0.05) is 29.8 Å². The van der Waals surface area contributed by atoms with Crippen molar-refractivity contribution in [2.45, 2.75) is 6.92 Å². The van der Waals surface area contributed by atoms with Gasteiger partial charge in [0, 0.05) is 38.0 Å². The second-order valence-corrected chi connectivity index (χ2v) is 6.89. The summed E-state index contributed by atoms with van der Waals surface area (Å²) in [6.45, 7) is 7.13. The van der Waals surface area contributed by atoms with Crippen molar-refractivity contribution in [3.63, 3.8) is 0 Å². The smallest absolute Gasteiger partial charge is 0.217 e. The van der Waals surface area contributed by atoms with E-state index >= 15 is 0 Å². The van der Waals surface area contributed by atoms with Crippen molar-refractivity contribution in [3.8, 4) is 5.88 Å². The van der Waals surface area contributed by atoms with Gasteiger partial charge in [0.05, 0.1) is 39.2 Å². The van der Waals surface area contributed by atoms with Gasteiger partial charge < -0.3 is 23.8 Å². The van der Waals surface area contributed by atoms with Crippen molar-refractivity contribution >= 4 is 17.7 Å². The number of nitrogens with zero attached hydrogens (tertiary/aromatic N) is 3. The van der Waals surface area contributed by atoms with E-state index in [9.17, 15) is 0 Å². The van der Waals surface area contributed by atoms with Crippen LogP contribution in [-0.4, -0.2) is 71.0 Å². The highest BCUT2D eigenvalue weighted by molar-refractivity contribution is 5.80. The Morgan fingerprint density at radius 3 is 2.77 bits per heavy atom. The third-order valence-electron chi connectivity index (χ3n) is 4.51. The second kappa shape index (κ2) is 12.1. The molecule has 1 aromatic heterocycles. The van der Waals surface area contributed by atoms with Crippen LogP contribution in [0.2, 0.25) is 0 Å². The molecule has 0 spiro atoms. The molecule has 0 bridgehead atoms. The molecule has 3 rings (SSSR count). The fourth-order valence-corrected chi connectivity index (χ4v) is 3.00. The van der Waals surface area contributed by atoms with Gasteiger partial charge in [0.1, 0.15) is 6.61 Å². The van der Waals surface area contributed by atoms with Crippen molar-refractivity contribution in [3.05, 3.63) is 47.5 Å². The minimum atomic E-state index is 0.412. The van der Waals surface area contributed by atoms with E-state index in [1.165, 1.54) is 5.56 Å². The number of nitrogens with one attached hydrogen (secondary N) is 1. The van der Waals surface area contributed by atoms with Crippen LogP contribution in [0.15, 0.2) is 41.5 Å². The molecule has 0 amide bonds. The van der Waals surface area contributed by atoms with Crippen molar-refractivity contribution in [2.75, 3.05) is 70.2 Å². The molecule has 0 unspecified atom stereocenters. The number of hydrogen-bond donors (Lipinski definition) is 1. The van der Waals surface area contributed by atoms with Gasteiger partial charge in [0.25, 0.3) is 0 Å². The second-order valence-electron chi connectivity index (χ2n) is 6.89. The van der Waals surface area contributed by atoms with Crippen LogP contribution in [0.25, 0.3) is 0 Å². The molecule has 2 heterocycles. The number of benzene rings is 1. The Morgan fingerprint density at radius 2 is 1.97 bits per heavy atom. The Balaban J connectivity index is 1.65. The van der Waals surface area contributed by atoms with E-state index in [1.54, 1.807) is 13.3 Å². The number of rotatable bonds is 11. The number of methoxy groups -OCH3 is 1. The lowest BCUT2D eigenvalue weighted by molar-refractivity contribution is 0.0537. The summed E-state index contributed by atoms with van der Waals surface area (Å²) < 4.78 is 21.7. The number of ether oxygens (including phenoxy) is 4. The molecule has 8 nitrogen and oxygen atoms in total. The molecule has 162 valence electrons. The van der Waals surface area contributed by atoms with Crippen LogP contribution in [0.3, 0.4) is 0 Å². The van der Waals surface area contributed by atoms with Gasteiger partial charge in [0.15, 0.2) is 5.82 Å². The summed E-state index contributed by atoms with van der Waals surface area (Å²) in [5, 5.41) is 4.34. The third kappa shape index (κ3) is 7.29. The Hall–Kier alpha value is -2.68. The monoisotopic (exact) mass is 414 g/mol. The predicted molar refractivity (Wildman–Crippen MR) is 118 cm³/mol. The molecule has 30 heavy (non-hydrogen) atoms. The summed E-state index contributed by atoms with van der Waals surface area (Å²) in [6.07, 6.45) is 1.78. The van der Waals surface area contributed by atoms with E-state index in [-0.39, 0.29) is 0 Å². The SMILES string of the molecule is COCCOCCOc1cc(N2CCOCC2)cc(N/N=C/c2cccc(C)c2)n1. The Kier molecular flexibility index (Phi) is 8.89. The molecule has 1 aliphatic heterocycles. The lowest BCUT2D eigenvalue weighted by Crippen LogP contribution is -2.36. The molecule has 0 atom stereocenters. The predicted octanol–water partition coefficient (Wildman–Crippen LogP) is 2.71. The first-order chi connectivity index (χ1) is 14.7. The number of aromatic nitrogens is 1. The molecule has 1 aliphatic rings. The van der Waals surface area contributed by atoms with E-state index in [1.807, 2.05) is 24.3 Å². The van der Waals surface area contributed by atoms with Crippen molar-refractivity contribution in [1.82, 2.24) is 4.98 Å². The summed E-state index contributed by atoms with van der Waals surface area (Å²) in [4.78, 5) is 6.78. The minimum absolute atomic E-state index is 0.412. The molecular weight excluding hydrogens is 384 g/mol. The lowest BCUT2D eigenvalue weighted by Gasteiger charge is -2.29. The number of aryl methyl sites for hydroxylation is 1. The summed E-state index contributed by atoms with van der Waals surface area (Å²) in [5.74, 6) is 1.15. The van der Waals surface area contributed by atoms with E-state index < -0.39 is 0 Å². The zero-order valence-corrected chi connectivity index (χ0v) is 17.7. The molecule has 0 radical (unpaired) electrons. The highest BCUT2D eigenvalue weighted by atomic mass is 16.5. The largest absolute Gasteiger partial charge is 0.475 e. The van der Waals surface area contributed by atoms with Crippen molar-refractivity contribution < 1.29 is 18.9 Å². The molecule has 1 fully saturated rings. The number of anilines is 2. The normalized spacial score (nSPS) is 14.3. The van der Waals surface area contributed by atoms with Crippen molar-refractivity contribution in [2.24, 2.45) is 5.10 Å². The first-order valence-electron chi connectivity index (χ1n) is 10.1. The average Bonchev–Trinajstić information content (AvgIpc) is 2.77. The van der Waals surface area contributed by atoms with Gasteiger partial charge in [-0.3, -0.25) is 5.43 Å². The van der Waals surface area contributed by atoms with Crippen LogP contribution in [0.1, 0.15) is 11.1 Å². The summed E-state index contributed by atoms with van der Waals surface area (Å²) in [5.41, 5.74) is 6.26. The molecule has 1 saturated heterocycles. The lowest BCUT2D eigenvalue weighted by atomic mass is 10.2. The van der Waals surface area contributed by atoms with Gasteiger partial charge in [-0.05, 0) is 12.5 Å². The summed E-state index contributed by atoms with van der Waals surface area (Å²) in [7, 11) is 1.65. The first kappa shape index (κ1) is 22.0. The van der Waals surface area contributed by atoms with Gasteiger partial charge in [-0.2, -0.15) is 10.1 Å². The molecule has 0 saturated carbocycles. The molecule has 1 N–H and O–H groups in total. The first-order valence-corrected chi connectivity index (χ1v) is 10.1. The molecule has 0 aliphatic carbocycles. The molecule has 8 heteroatoms. The fraction of sp³-hybridized carbons (Fsp3) is 0.455. The van der Waals surface area contributed by atoms with Gasteiger partial charge >= 0.3 is 0 Å². The van der Waals surface area contributed by atoms with E-state index in [0.29, 0.717) is 51.3 Å². The van der Waals surface area contributed by atoms with Crippen molar-refractivity contribution in [1.29, 1.82) is 0 Å². The topological polar surface area (TPSA) is 77.4 Å². The summed E-state index contributed by atoms with van der Waals surface area (Å²) in [6, 6.07) is 12.1. The zero-order valence-electron chi connectivity index (χ0n) is 17.7. The molecular formula is C22H30N4O4. The maximum absolute atomic E-state index is 5.81. The highest BCUT2D eigenvalue weighted by Gasteiger charge is 2.14. The number of morpholine rings is 1. The van der Waals surface area contributed by atoms with E-state index in [0.717, 1.165) is 24.3 Å². The fourth-order valence-electron chi connectivity index (χ4n) is 3.00. The number of pyridine rings is 1. The highest BCUT2D eigenvalue weighted by Crippen LogP contribution is 2.24. The van der Waals surface area contributed by atoms with E-state index in [4.69, 9.17) is 18.9 Å². The van der Waals surface area contributed by atoms with Crippen LogP contribution in [0.5, 0.6) is 5.88 Å². The standard InChI is InChI=1S/C22H30N4O4/c1-18-4-3-5-19(14-18)17-23-25-21-15-20(26-6-8-28-9-7-26)16-22(24-21)30-13-12-29-11-10-27-2/h3-5,14-17H,6-13H2,1-2H3,(H,24,25)/b23-17+. The Labute approximate surface area is 177 Å². The van der Waals surface area contributed by atoms with E-state index in [2.05, 4.69) is 39.5 Å². The van der Waals surface area contributed by atoms with Gasteiger partial charge in [0.2, 0.25) is 5.88 Å². The van der Waals surface area contributed by atoms with Crippen LogP contribution in [-0.2, 0) is 14.2 Å². The quantitative estimate of drug-likeness (QED) is 0.344. The summed E-state index contributed by atoms with van der Waals surface area (Å²) >= 11 is 0. The van der Waals surface area contributed by atoms with Crippen LogP contribution in [0, 0.1) is 6.92 Å². The van der Waals surface area contributed by atoms with Gasteiger partial charge in [-0.25, -0.2) is 0 Å². The maximum Gasteiger partial charge on any atom is 0.217 e. The maximum atomic E-state index is 5.81. The van der Waals surface area contributed by atoms with Crippen LogP contribution >= 0.6 is 0 Å². The number of hydrazone groups is 1. The molecule has 1 aromatic carbocycles. The Morgan fingerprint density at radius 1 is 1.13 bits per heavy atom. The average molecular weight is 415 g/mol. The Bertz CT molecular complexity index is 809. The minimum Gasteiger partial charge on any atom is -0.475 e. The van der Waals surface area contributed by atoms with Gasteiger partial charge in [-0.15, -0.1) is 0 Å². The van der Waals surface area contributed by atoms with Crippen LogP contribution < -0.4 is 15.1 Å².